The number of amides is 1. The third-order valence-electron chi connectivity index (χ3n) is 4.12. The molecular weight excluding hydrogens is 359 g/mol. The molecule has 0 saturated carbocycles. The quantitative estimate of drug-likeness (QED) is 0.834. The van der Waals surface area contributed by atoms with Crippen LogP contribution in [-0.2, 0) is 23.4 Å². The largest absolute Gasteiger partial charge is 0.417 e. The molecule has 1 aromatic carbocycles. The lowest BCUT2D eigenvalue weighted by atomic mass is 9.98. The zero-order valence-electron chi connectivity index (χ0n) is 13.4. The number of rotatable bonds is 3. The average Bonchev–Trinajstić information content (AvgIpc) is 2.75. The van der Waals surface area contributed by atoms with Crippen molar-refractivity contribution in [3.8, 4) is 0 Å². The molecule has 1 aliphatic rings. The van der Waals surface area contributed by atoms with Crippen molar-refractivity contribution in [3.63, 3.8) is 0 Å². The predicted octanol–water partition coefficient (Wildman–Crippen LogP) is 3.79. The Kier molecular flexibility index (Phi) is 4.22. The molecule has 1 aliphatic heterocycles. The van der Waals surface area contributed by atoms with Crippen LogP contribution in [0.1, 0.15) is 35.4 Å². The molecule has 1 atom stereocenters. The van der Waals surface area contributed by atoms with Crippen molar-refractivity contribution in [2.24, 2.45) is 0 Å². The maximum absolute atomic E-state index is 14.5. The van der Waals surface area contributed by atoms with Gasteiger partial charge in [0.1, 0.15) is 0 Å². The smallest absolute Gasteiger partial charge is 0.389 e. The molecule has 0 unspecified atom stereocenters. The molecule has 0 spiro atoms. The lowest BCUT2D eigenvalue weighted by Gasteiger charge is -2.17. The Morgan fingerprint density at radius 3 is 2.46 bits per heavy atom. The summed E-state index contributed by atoms with van der Waals surface area (Å²) in [6, 6.07) is 5.82. The van der Waals surface area contributed by atoms with E-state index < -0.39 is 41.8 Å². The molecule has 0 aliphatic carbocycles. The van der Waals surface area contributed by atoms with Crippen molar-refractivity contribution >= 4 is 11.6 Å². The summed E-state index contributed by atoms with van der Waals surface area (Å²) >= 11 is 0. The van der Waals surface area contributed by atoms with E-state index in [4.69, 9.17) is 0 Å². The van der Waals surface area contributed by atoms with Gasteiger partial charge >= 0.3 is 18.0 Å². The predicted molar refractivity (Wildman–Crippen MR) is 81.4 cm³/mol. The molecule has 3 rings (SSSR count). The van der Waals surface area contributed by atoms with Gasteiger partial charge in [0.25, 0.3) is 0 Å². The van der Waals surface area contributed by atoms with Crippen LogP contribution in [0.25, 0.3) is 0 Å². The minimum atomic E-state index is -4.57. The number of halogens is 5. The van der Waals surface area contributed by atoms with Crippen LogP contribution in [0, 0.1) is 0 Å². The zero-order chi connectivity index (χ0) is 19.3. The number of hydrogen-bond donors (Lipinski definition) is 1. The van der Waals surface area contributed by atoms with Crippen LogP contribution in [0.2, 0.25) is 0 Å². The molecule has 1 N–H and O–H groups in total. The van der Waals surface area contributed by atoms with Crippen LogP contribution in [0.5, 0.6) is 0 Å². The van der Waals surface area contributed by atoms with Gasteiger partial charge < -0.3 is 10.0 Å². The van der Waals surface area contributed by atoms with Crippen molar-refractivity contribution in [1.29, 1.82) is 0 Å². The third-order valence-corrected chi connectivity index (χ3v) is 4.12. The van der Waals surface area contributed by atoms with Crippen LogP contribution >= 0.6 is 0 Å². The van der Waals surface area contributed by atoms with E-state index in [1.165, 1.54) is 25.1 Å². The summed E-state index contributed by atoms with van der Waals surface area (Å²) in [5.74, 6) is -5.35. The molecule has 4 nitrogen and oxygen atoms in total. The van der Waals surface area contributed by atoms with E-state index in [-0.39, 0.29) is 16.9 Å². The second kappa shape index (κ2) is 6.01. The van der Waals surface area contributed by atoms with Gasteiger partial charge in [0.05, 0.1) is 35.2 Å². The van der Waals surface area contributed by atoms with E-state index in [2.05, 4.69) is 4.98 Å². The number of aliphatic hydroxyl groups is 1. The van der Waals surface area contributed by atoms with E-state index in [0.717, 1.165) is 17.0 Å². The summed E-state index contributed by atoms with van der Waals surface area (Å²) in [6.07, 6.45) is -5.20. The van der Waals surface area contributed by atoms with Crippen molar-refractivity contribution in [1.82, 2.24) is 4.98 Å². The molecule has 1 aromatic heterocycles. The van der Waals surface area contributed by atoms with E-state index >= 15 is 0 Å². The fourth-order valence-corrected chi connectivity index (χ4v) is 2.86. The molecule has 26 heavy (non-hydrogen) atoms. The molecule has 2 aromatic rings. The number of fused-ring (bicyclic) bond motifs is 1. The lowest BCUT2D eigenvalue weighted by Crippen LogP contribution is -2.34. The van der Waals surface area contributed by atoms with Crippen molar-refractivity contribution in [2.75, 3.05) is 4.90 Å². The Morgan fingerprint density at radius 2 is 1.92 bits per heavy atom. The van der Waals surface area contributed by atoms with Crippen molar-refractivity contribution in [3.05, 3.63) is 58.9 Å². The van der Waals surface area contributed by atoms with Crippen LogP contribution < -0.4 is 4.90 Å². The van der Waals surface area contributed by atoms with Gasteiger partial charge in [-0.1, -0.05) is 12.1 Å². The first-order chi connectivity index (χ1) is 12.0. The normalized spacial score (nSPS) is 17.3. The number of benzene rings is 1. The van der Waals surface area contributed by atoms with Crippen LogP contribution in [0.15, 0.2) is 36.5 Å². The molecule has 2 heterocycles. The molecule has 9 heteroatoms. The Labute approximate surface area is 144 Å². The topological polar surface area (TPSA) is 53.4 Å². The highest BCUT2D eigenvalue weighted by Crippen LogP contribution is 2.47. The van der Waals surface area contributed by atoms with Crippen molar-refractivity contribution < 1.29 is 31.9 Å². The number of carbonyl (C=O) groups excluding carboxylic acids is 1. The minimum absolute atomic E-state index is 0.0254. The summed E-state index contributed by atoms with van der Waals surface area (Å²) < 4.78 is 66.6. The van der Waals surface area contributed by atoms with Crippen LogP contribution in [0.3, 0.4) is 0 Å². The minimum Gasteiger partial charge on any atom is -0.389 e. The average molecular weight is 372 g/mol. The Hall–Kier alpha value is -2.55. The molecule has 1 amide bonds. The molecule has 0 fully saturated rings. The van der Waals surface area contributed by atoms with E-state index in [1.54, 1.807) is 0 Å². The number of alkyl halides is 5. The molecule has 0 radical (unpaired) electrons. The zero-order valence-corrected chi connectivity index (χ0v) is 13.4. The SMILES string of the molecule is C[C@H](O)c1cccc2c1C(F)(F)C(=O)N2Cc1ccc(C(F)(F)F)cn1. The summed E-state index contributed by atoms with van der Waals surface area (Å²) in [4.78, 5) is 16.5. The first kappa shape index (κ1) is 18.2. The fourth-order valence-electron chi connectivity index (χ4n) is 2.86. The number of carbonyl (C=O) groups is 1. The van der Waals surface area contributed by atoms with E-state index in [0.29, 0.717) is 6.20 Å². The summed E-state index contributed by atoms with van der Waals surface area (Å²) in [7, 11) is 0. The first-order valence-corrected chi connectivity index (χ1v) is 7.57. The standard InChI is InChI=1S/C17H13F5N2O2/c1-9(25)12-3-2-4-13-14(12)16(18,19)15(26)24(13)8-11-6-5-10(7-23-11)17(20,21)22/h2-7,9,25H,8H2,1H3/t9-/m0/s1. The molecule has 0 saturated heterocycles. The fraction of sp³-hybridized carbons (Fsp3) is 0.294. The number of pyridine rings is 1. The highest BCUT2D eigenvalue weighted by atomic mass is 19.4. The highest BCUT2D eigenvalue weighted by molar-refractivity contribution is 6.06. The van der Waals surface area contributed by atoms with Gasteiger partial charge in [-0.15, -0.1) is 0 Å². The maximum Gasteiger partial charge on any atom is 0.417 e. The highest BCUT2D eigenvalue weighted by Gasteiger charge is 2.54. The molecule has 0 bridgehead atoms. The van der Waals surface area contributed by atoms with Gasteiger partial charge in [0, 0.05) is 6.20 Å². The Morgan fingerprint density at radius 1 is 1.23 bits per heavy atom. The summed E-state index contributed by atoms with van der Waals surface area (Å²) in [5, 5.41) is 9.71. The summed E-state index contributed by atoms with van der Waals surface area (Å²) in [6.45, 7) is 0.888. The number of anilines is 1. The van der Waals surface area contributed by atoms with E-state index in [1.807, 2.05) is 0 Å². The van der Waals surface area contributed by atoms with Gasteiger partial charge in [0.2, 0.25) is 0 Å². The van der Waals surface area contributed by atoms with Gasteiger partial charge in [0.15, 0.2) is 0 Å². The second-order valence-corrected chi connectivity index (χ2v) is 5.92. The molecular formula is C17H13F5N2O2. The monoisotopic (exact) mass is 372 g/mol. The van der Waals surface area contributed by atoms with Gasteiger partial charge in [-0.05, 0) is 30.7 Å². The number of nitrogens with zero attached hydrogens (tertiary/aromatic N) is 2. The first-order valence-electron chi connectivity index (χ1n) is 7.57. The second-order valence-electron chi connectivity index (χ2n) is 5.92. The van der Waals surface area contributed by atoms with Gasteiger partial charge in [-0.25, -0.2) is 0 Å². The third kappa shape index (κ3) is 2.92. The van der Waals surface area contributed by atoms with Gasteiger partial charge in [-0.3, -0.25) is 9.78 Å². The van der Waals surface area contributed by atoms with Crippen LogP contribution in [-0.4, -0.2) is 16.0 Å². The van der Waals surface area contributed by atoms with Gasteiger partial charge in [-0.2, -0.15) is 22.0 Å². The maximum atomic E-state index is 14.5. The number of aliphatic hydroxyl groups excluding tert-OH is 1. The Balaban J connectivity index is 1.98. The molecule has 138 valence electrons. The lowest BCUT2D eigenvalue weighted by molar-refractivity contribution is -0.142. The summed E-state index contributed by atoms with van der Waals surface area (Å²) in [5.41, 5.74) is -1.72. The van der Waals surface area contributed by atoms with E-state index in [9.17, 15) is 31.9 Å². The van der Waals surface area contributed by atoms with Crippen LogP contribution in [0.4, 0.5) is 27.6 Å². The number of hydrogen-bond acceptors (Lipinski definition) is 3. The number of aromatic nitrogens is 1. The van der Waals surface area contributed by atoms with Crippen molar-refractivity contribution in [2.45, 2.75) is 31.7 Å². The Bertz CT molecular complexity index is 847.